The highest BCUT2D eigenvalue weighted by molar-refractivity contribution is 7.47. The number of rotatable bonds is 70. The molecule has 2 unspecified atom stereocenters. The van der Waals surface area contributed by atoms with E-state index in [2.05, 4.69) is 65.8 Å². The van der Waals surface area contributed by atoms with Crippen LogP contribution in [0.15, 0.2) is 24.3 Å². The minimum Gasteiger partial charge on any atom is -0.462 e. The molecule has 0 aliphatic heterocycles. The lowest BCUT2D eigenvalue weighted by atomic mass is 10.0. The Kier molecular flexibility index (Phi) is 62.8. The Morgan fingerprint density at radius 3 is 0.891 bits per heavy atom. The molecule has 0 rings (SSSR count). The summed E-state index contributed by atoms with van der Waals surface area (Å²) in [5.41, 5.74) is 0. The Hall–Kier alpha value is -2.46. The first kappa shape index (κ1) is 89.5. The number of aliphatic hydroxyl groups is 1. The average Bonchev–Trinajstić information content (AvgIpc) is 2.61. The van der Waals surface area contributed by atoms with Crippen molar-refractivity contribution in [3.63, 3.8) is 0 Å². The van der Waals surface area contributed by atoms with Crippen molar-refractivity contribution in [2.45, 2.75) is 368 Å². The SMILES string of the molecule is CCCCCC/C=C\C=C/CCCCCCCC(=O)OC[C@H](COP(=O)(O)OC[C@@H](O)COP(=O)(O)OC[C@@H](COC(=O)CCCCCCCCCC(C)C)OC(=O)CCCCCCCCCCCCC)OC(=O)CCCCCCCCCCCCCCCC(C)C. The molecule has 0 spiro atoms. The van der Waals surface area contributed by atoms with E-state index < -0.39 is 97.5 Å². The van der Waals surface area contributed by atoms with Crippen molar-refractivity contribution in [1.29, 1.82) is 0 Å². The predicted octanol–water partition coefficient (Wildman–Crippen LogP) is 20.7. The van der Waals surface area contributed by atoms with Gasteiger partial charge in [0.2, 0.25) is 0 Å². The van der Waals surface area contributed by atoms with E-state index in [9.17, 15) is 43.2 Å². The normalized spacial score (nSPS) is 14.2. The summed E-state index contributed by atoms with van der Waals surface area (Å²) in [5.74, 6) is -0.663. The van der Waals surface area contributed by atoms with Crippen molar-refractivity contribution in [1.82, 2.24) is 0 Å². The van der Waals surface area contributed by atoms with Gasteiger partial charge in [-0.15, -0.1) is 0 Å². The average molecular weight is 1350 g/mol. The largest absolute Gasteiger partial charge is 0.472 e. The van der Waals surface area contributed by atoms with Crippen LogP contribution >= 0.6 is 15.6 Å². The fourth-order valence-electron chi connectivity index (χ4n) is 10.6. The third-order valence-electron chi connectivity index (χ3n) is 16.3. The van der Waals surface area contributed by atoms with Gasteiger partial charge in [0.25, 0.3) is 0 Å². The van der Waals surface area contributed by atoms with Gasteiger partial charge < -0.3 is 33.8 Å². The number of hydrogen-bond donors (Lipinski definition) is 3. The zero-order valence-electron chi connectivity index (χ0n) is 59.3. The van der Waals surface area contributed by atoms with E-state index in [1.54, 1.807) is 0 Å². The van der Waals surface area contributed by atoms with Crippen molar-refractivity contribution < 1.29 is 80.2 Å². The highest BCUT2D eigenvalue weighted by Gasteiger charge is 2.30. The maximum atomic E-state index is 13.0. The number of phosphoric ester groups is 2. The summed E-state index contributed by atoms with van der Waals surface area (Å²) in [5, 5.41) is 10.6. The molecular formula is C73H138O17P2. The fourth-order valence-corrected chi connectivity index (χ4v) is 12.2. The lowest BCUT2D eigenvalue weighted by Crippen LogP contribution is -2.30. The van der Waals surface area contributed by atoms with Gasteiger partial charge in [-0.25, -0.2) is 9.13 Å². The molecule has 17 nitrogen and oxygen atoms in total. The Balaban J connectivity index is 5.28. The summed E-state index contributed by atoms with van der Waals surface area (Å²) < 4.78 is 68.3. The van der Waals surface area contributed by atoms with E-state index in [1.807, 2.05) is 0 Å². The molecule has 0 radical (unpaired) electrons. The second-order valence-electron chi connectivity index (χ2n) is 26.6. The summed E-state index contributed by atoms with van der Waals surface area (Å²) in [6, 6.07) is 0. The van der Waals surface area contributed by atoms with Crippen molar-refractivity contribution in [3.05, 3.63) is 24.3 Å². The Morgan fingerprint density at radius 2 is 0.587 bits per heavy atom. The summed E-state index contributed by atoms with van der Waals surface area (Å²) in [7, 11) is -9.92. The van der Waals surface area contributed by atoms with Crippen LogP contribution in [0, 0.1) is 11.8 Å². The smallest absolute Gasteiger partial charge is 0.462 e. The third kappa shape index (κ3) is 66.2. The van der Waals surface area contributed by atoms with E-state index in [0.717, 1.165) is 121 Å². The number of hydrogen-bond acceptors (Lipinski definition) is 15. The van der Waals surface area contributed by atoms with Gasteiger partial charge in [-0.3, -0.25) is 37.3 Å². The molecule has 3 N–H and O–H groups in total. The molecule has 542 valence electrons. The quantitative estimate of drug-likeness (QED) is 0.0169. The van der Waals surface area contributed by atoms with Crippen LogP contribution in [-0.4, -0.2) is 96.7 Å². The number of carbonyl (C=O) groups is 4. The highest BCUT2D eigenvalue weighted by atomic mass is 31.2. The van der Waals surface area contributed by atoms with Crippen LogP contribution in [0.1, 0.15) is 350 Å². The van der Waals surface area contributed by atoms with Gasteiger partial charge in [0, 0.05) is 25.7 Å². The van der Waals surface area contributed by atoms with Crippen LogP contribution in [0.5, 0.6) is 0 Å². The maximum Gasteiger partial charge on any atom is 0.472 e. The monoisotopic (exact) mass is 1350 g/mol. The van der Waals surface area contributed by atoms with Crippen LogP contribution in [0.4, 0.5) is 0 Å². The number of phosphoric acid groups is 2. The van der Waals surface area contributed by atoms with Gasteiger partial charge in [-0.1, -0.05) is 297 Å². The van der Waals surface area contributed by atoms with Gasteiger partial charge in [0.05, 0.1) is 26.4 Å². The lowest BCUT2D eigenvalue weighted by Gasteiger charge is -2.21. The lowest BCUT2D eigenvalue weighted by molar-refractivity contribution is -0.161. The molecule has 0 aromatic heterocycles. The van der Waals surface area contributed by atoms with Gasteiger partial charge in [-0.05, 0) is 63.2 Å². The molecule has 0 aliphatic carbocycles. The second kappa shape index (κ2) is 64.5. The number of aliphatic hydroxyl groups excluding tert-OH is 1. The molecule has 0 heterocycles. The van der Waals surface area contributed by atoms with E-state index >= 15 is 0 Å². The van der Waals surface area contributed by atoms with Crippen LogP contribution in [-0.2, 0) is 65.4 Å². The second-order valence-corrected chi connectivity index (χ2v) is 29.5. The number of unbranched alkanes of at least 4 members (excludes halogenated alkanes) is 37. The number of carbonyl (C=O) groups excluding carboxylic acids is 4. The summed E-state index contributed by atoms with van der Waals surface area (Å²) >= 11 is 0. The maximum absolute atomic E-state index is 13.0. The Morgan fingerprint density at radius 1 is 0.337 bits per heavy atom. The molecule has 19 heteroatoms. The molecule has 0 bridgehead atoms. The molecule has 5 atom stereocenters. The van der Waals surface area contributed by atoms with Crippen LogP contribution in [0.25, 0.3) is 0 Å². The minimum absolute atomic E-state index is 0.100. The van der Waals surface area contributed by atoms with E-state index in [-0.39, 0.29) is 25.7 Å². The zero-order chi connectivity index (χ0) is 67.9. The minimum atomic E-state index is -4.96. The van der Waals surface area contributed by atoms with Gasteiger partial charge in [0.15, 0.2) is 12.2 Å². The molecule has 0 amide bonds. The molecule has 0 saturated heterocycles. The van der Waals surface area contributed by atoms with E-state index in [1.165, 1.54) is 141 Å². The zero-order valence-corrected chi connectivity index (χ0v) is 61.1. The van der Waals surface area contributed by atoms with Crippen LogP contribution < -0.4 is 0 Å². The summed E-state index contributed by atoms with van der Waals surface area (Å²) in [6.45, 7) is 9.46. The van der Waals surface area contributed by atoms with E-state index in [4.69, 9.17) is 37.0 Å². The van der Waals surface area contributed by atoms with Crippen molar-refractivity contribution in [3.8, 4) is 0 Å². The first-order chi connectivity index (χ1) is 44.4. The highest BCUT2D eigenvalue weighted by Crippen LogP contribution is 2.45. The molecule has 0 fully saturated rings. The van der Waals surface area contributed by atoms with Crippen molar-refractivity contribution in [2.24, 2.45) is 11.8 Å². The van der Waals surface area contributed by atoms with Crippen LogP contribution in [0.3, 0.4) is 0 Å². The predicted molar refractivity (Wildman–Crippen MR) is 372 cm³/mol. The number of allylic oxidation sites excluding steroid dienone is 4. The van der Waals surface area contributed by atoms with Crippen molar-refractivity contribution >= 4 is 39.5 Å². The van der Waals surface area contributed by atoms with Gasteiger partial charge in [0.1, 0.15) is 19.3 Å². The Bertz CT molecular complexity index is 1880. The summed E-state index contributed by atoms with van der Waals surface area (Å²) in [4.78, 5) is 72.6. The first-order valence-electron chi connectivity index (χ1n) is 37.3. The third-order valence-corrected chi connectivity index (χ3v) is 18.2. The standard InChI is InChI=1S/C73H138O17P2/c1-7-9-11-13-15-17-19-20-21-24-28-31-37-43-49-55-70(75)83-61-68(89-73(78)58-52-46-39-33-29-25-22-23-27-30-35-41-47-53-65(3)4)63-87-91(79,80)85-59-67(74)60-86-92(81,82)88-64-69(62-84-71(76)56-50-44-40-34-36-42-48-54-66(5)6)90-72(77)57-51-45-38-32-26-18-16-14-12-10-8-2/h17,19-21,65-69,74H,7-16,18,22-64H2,1-6H3,(H,79,80)(H,81,82)/b19-17-,21-20-/t67-,68-,69-/m1/s1. The van der Waals surface area contributed by atoms with Crippen molar-refractivity contribution in [2.75, 3.05) is 39.6 Å². The first-order valence-corrected chi connectivity index (χ1v) is 40.3. The van der Waals surface area contributed by atoms with E-state index in [0.29, 0.717) is 31.6 Å². The molecular weight excluding hydrogens is 1210 g/mol. The van der Waals surface area contributed by atoms with Gasteiger partial charge in [-0.2, -0.15) is 0 Å². The molecule has 0 aliphatic rings. The number of ether oxygens (including phenoxy) is 4. The molecule has 92 heavy (non-hydrogen) atoms. The number of esters is 4. The van der Waals surface area contributed by atoms with Crippen LogP contribution in [0.2, 0.25) is 0 Å². The molecule has 0 aromatic carbocycles. The molecule has 0 saturated carbocycles. The molecule has 0 aromatic rings. The summed E-state index contributed by atoms with van der Waals surface area (Å²) in [6.07, 6.45) is 53.5. The Labute approximate surface area is 561 Å². The fraction of sp³-hybridized carbons (Fsp3) is 0.890. The topological polar surface area (TPSA) is 237 Å². The van der Waals surface area contributed by atoms with Gasteiger partial charge >= 0.3 is 39.5 Å².